The van der Waals surface area contributed by atoms with Crippen molar-refractivity contribution in [2.75, 3.05) is 11.1 Å². The van der Waals surface area contributed by atoms with Gasteiger partial charge in [0, 0.05) is 32.9 Å². The van der Waals surface area contributed by atoms with Crippen LogP contribution in [0.5, 0.6) is 0 Å². The van der Waals surface area contributed by atoms with E-state index in [1.165, 1.54) is 23.9 Å². The molecule has 0 unspecified atom stereocenters. The highest BCUT2D eigenvalue weighted by Crippen LogP contribution is 2.27. The third kappa shape index (κ3) is 5.77. The molecular formula is C20H17F2N3OS2. The summed E-state index contributed by atoms with van der Waals surface area (Å²) in [5.41, 5.74) is 2.46. The maximum absolute atomic E-state index is 13.6. The largest absolute Gasteiger partial charge is 0.325 e. The number of aryl methyl sites for hydroxylation is 2. The summed E-state index contributed by atoms with van der Waals surface area (Å²) in [6.45, 7) is 3.85. The molecule has 0 saturated heterocycles. The van der Waals surface area contributed by atoms with Gasteiger partial charge in [0.15, 0.2) is 5.16 Å². The fourth-order valence-electron chi connectivity index (χ4n) is 2.38. The molecule has 28 heavy (non-hydrogen) atoms. The van der Waals surface area contributed by atoms with Crippen LogP contribution in [0, 0.1) is 25.5 Å². The predicted molar refractivity (Wildman–Crippen MR) is 108 cm³/mol. The van der Waals surface area contributed by atoms with Crippen LogP contribution in [-0.4, -0.2) is 21.6 Å². The van der Waals surface area contributed by atoms with E-state index in [2.05, 4.69) is 15.3 Å². The van der Waals surface area contributed by atoms with E-state index in [-0.39, 0.29) is 16.6 Å². The minimum atomic E-state index is -0.673. The van der Waals surface area contributed by atoms with Crippen LogP contribution in [0.1, 0.15) is 11.4 Å². The number of aromatic nitrogens is 2. The number of halogens is 2. The van der Waals surface area contributed by atoms with Gasteiger partial charge in [-0.25, -0.2) is 18.7 Å². The number of hydrogen-bond donors (Lipinski definition) is 1. The first kappa shape index (κ1) is 20.3. The summed E-state index contributed by atoms with van der Waals surface area (Å²) in [4.78, 5) is 22.0. The minimum absolute atomic E-state index is 0.0233. The molecule has 0 aliphatic carbocycles. The molecule has 0 atom stereocenters. The van der Waals surface area contributed by atoms with E-state index in [9.17, 15) is 13.6 Å². The van der Waals surface area contributed by atoms with Crippen LogP contribution < -0.4 is 5.32 Å². The van der Waals surface area contributed by atoms with Crippen LogP contribution in [0.25, 0.3) is 0 Å². The van der Waals surface area contributed by atoms with E-state index in [0.29, 0.717) is 10.8 Å². The molecule has 0 radical (unpaired) electrons. The van der Waals surface area contributed by atoms with Gasteiger partial charge in [0.25, 0.3) is 0 Å². The van der Waals surface area contributed by atoms with Crippen LogP contribution in [0.4, 0.5) is 14.5 Å². The fraction of sp³-hybridized carbons (Fsp3) is 0.150. The zero-order valence-corrected chi connectivity index (χ0v) is 16.8. The topological polar surface area (TPSA) is 54.9 Å². The van der Waals surface area contributed by atoms with E-state index in [1.54, 1.807) is 12.1 Å². The van der Waals surface area contributed by atoms with Crippen molar-refractivity contribution in [2.24, 2.45) is 0 Å². The molecule has 0 fully saturated rings. The summed E-state index contributed by atoms with van der Waals surface area (Å²) in [5.74, 6) is -1.56. The average molecular weight is 418 g/mol. The number of benzene rings is 2. The lowest BCUT2D eigenvalue weighted by atomic mass is 10.3. The first-order valence-corrected chi connectivity index (χ1v) is 10.2. The molecule has 4 nitrogen and oxygen atoms in total. The van der Waals surface area contributed by atoms with Gasteiger partial charge in [0.05, 0.1) is 5.75 Å². The third-order valence-corrected chi connectivity index (χ3v) is 5.48. The second kappa shape index (κ2) is 9.16. The quantitative estimate of drug-likeness (QED) is 0.438. The van der Waals surface area contributed by atoms with Crippen molar-refractivity contribution in [1.29, 1.82) is 0 Å². The average Bonchev–Trinajstić information content (AvgIpc) is 2.62. The normalized spacial score (nSPS) is 10.7. The molecule has 0 saturated carbocycles. The molecule has 144 valence electrons. The third-order valence-electron chi connectivity index (χ3n) is 3.56. The summed E-state index contributed by atoms with van der Waals surface area (Å²) in [6.07, 6.45) is 0. The van der Waals surface area contributed by atoms with Crippen molar-refractivity contribution in [2.45, 2.75) is 28.8 Å². The fourth-order valence-corrected chi connectivity index (χ4v) is 3.97. The summed E-state index contributed by atoms with van der Waals surface area (Å²) in [7, 11) is 0. The van der Waals surface area contributed by atoms with Crippen molar-refractivity contribution in [3.8, 4) is 0 Å². The first-order valence-electron chi connectivity index (χ1n) is 8.37. The molecule has 0 aliphatic rings. The zero-order chi connectivity index (χ0) is 20.1. The van der Waals surface area contributed by atoms with E-state index >= 15 is 0 Å². The van der Waals surface area contributed by atoms with Crippen molar-refractivity contribution >= 4 is 35.1 Å². The summed E-state index contributed by atoms with van der Waals surface area (Å²) < 4.78 is 26.5. The summed E-state index contributed by atoms with van der Waals surface area (Å²) >= 11 is 2.46. The van der Waals surface area contributed by atoms with Crippen LogP contribution in [0.3, 0.4) is 0 Å². The Kier molecular flexibility index (Phi) is 6.64. The molecule has 1 N–H and O–H groups in total. The Hall–Kier alpha value is -2.45. The van der Waals surface area contributed by atoms with Gasteiger partial charge in [-0.15, -0.1) is 11.8 Å². The maximum Gasteiger partial charge on any atom is 0.234 e. The van der Waals surface area contributed by atoms with Gasteiger partial charge < -0.3 is 5.32 Å². The monoisotopic (exact) mass is 417 g/mol. The maximum atomic E-state index is 13.6. The second-order valence-electron chi connectivity index (χ2n) is 5.97. The number of rotatable bonds is 6. The highest BCUT2D eigenvalue weighted by atomic mass is 32.2. The SMILES string of the molecule is Cc1cc(C)nc(Sc2ccc(NC(=O)CSc3ccc(F)cc3F)cc2)n1. The molecule has 1 heterocycles. The van der Waals surface area contributed by atoms with Crippen LogP contribution >= 0.6 is 23.5 Å². The molecule has 1 aromatic heterocycles. The van der Waals surface area contributed by atoms with Gasteiger partial charge in [-0.1, -0.05) is 0 Å². The lowest BCUT2D eigenvalue weighted by molar-refractivity contribution is -0.113. The number of hydrogen-bond acceptors (Lipinski definition) is 5. The highest BCUT2D eigenvalue weighted by molar-refractivity contribution is 8.00. The van der Waals surface area contributed by atoms with Gasteiger partial charge in [0.2, 0.25) is 5.91 Å². The van der Waals surface area contributed by atoms with Gasteiger partial charge >= 0.3 is 0 Å². The van der Waals surface area contributed by atoms with Crippen molar-refractivity contribution < 1.29 is 13.6 Å². The smallest absolute Gasteiger partial charge is 0.234 e. The van der Waals surface area contributed by atoms with E-state index in [0.717, 1.165) is 34.1 Å². The Morgan fingerprint density at radius 2 is 1.68 bits per heavy atom. The molecule has 0 bridgehead atoms. The number of nitrogens with one attached hydrogen (secondary N) is 1. The molecular weight excluding hydrogens is 400 g/mol. The Balaban J connectivity index is 1.55. The molecule has 3 aromatic rings. The number of nitrogens with zero attached hydrogens (tertiary/aromatic N) is 2. The van der Waals surface area contributed by atoms with Crippen molar-refractivity contribution in [1.82, 2.24) is 9.97 Å². The summed E-state index contributed by atoms with van der Waals surface area (Å²) in [5, 5.41) is 3.43. The lowest BCUT2D eigenvalue weighted by Gasteiger charge is -2.07. The predicted octanol–water partition coefficient (Wildman–Crippen LogP) is 5.25. The van der Waals surface area contributed by atoms with Crippen LogP contribution in [-0.2, 0) is 4.79 Å². The highest BCUT2D eigenvalue weighted by Gasteiger charge is 2.09. The second-order valence-corrected chi connectivity index (χ2v) is 8.03. The standard InChI is InChI=1S/C20H17F2N3OS2/c1-12-9-13(2)24-20(23-12)28-16-6-4-15(5-7-16)25-19(26)11-27-18-8-3-14(21)10-17(18)22/h3-10H,11H2,1-2H3,(H,25,26). The summed E-state index contributed by atoms with van der Waals surface area (Å²) in [6, 6.07) is 12.5. The number of carbonyl (C=O) groups is 1. The van der Waals surface area contributed by atoms with Crippen LogP contribution in [0.15, 0.2) is 63.5 Å². The van der Waals surface area contributed by atoms with Gasteiger partial charge in [-0.2, -0.15) is 0 Å². The molecule has 1 amide bonds. The number of carbonyl (C=O) groups excluding carboxylic acids is 1. The zero-order valence-electron chi connectivity index (χ0n) is 15.2. The van der Waals surface area contributed by atoms with Gasteiger partial charge in [0.1, 0.15) is 11.6 Å². The molecule has 8 heteroatoms. The van der Waals surface area contributed by atoms with Crippen molar-refractivity contribution in [3.05, 3.63) is 71.6 Å². The molecule has 3 rings (SSSR count). The number of thioether (sulfide) groups is 1. The van der Waals surface area contributed by atoms with E-state index < -0.39 is 11.6 Å². The van der Waals surface area contributed by atoms with Crippen LogP contribution in [0.2, 0.25) is 0 Å². The Labute approximate surface area is 170 Å². The van der Waals surface area contributed by atoms with Crippen molar-refractivity contribution in [3.63, 3.8) is 0 Å². The van der Waals surface area contributed by atoms with E-state index in [4.69, 9.17) is 0 Å². The Morgan fingerprint density at radius 3 is 2.32 bits per heavy atom. The Bertz CT molecular complexity index is 977. The molecule has 2 aromatic carbocycles. The number of anilines is 1. The van der Waals surface area contributed by atoms with Gasteiger partial charge in [-0.3, -0.25) is 4.79 Å². The molecule has 0 aliphatic heterocycles. The lowest BCUT2D eigenvalue weighted by Crippen LogP contribution is -2.14. The molecule has 0 spiro atoms. The van der Waals surface area contributed by atoms with E-state index in [1.807, 2.05) is 32.0 Å². The minimum Gasteiger partial charge on any atom is -0.325 e. The van der Waals surface area contributed by atoms with Gasteiger partial charge in [-0.05, 0) is 68.1 Å². The first-order chi connectivity index (χ1) is 13.4. The Morgan fingerprint density at radius 1 is 1.00 bits per heavy atom. The number of amides is 1.